The van der Waals surface area contributed by atoms with Gasteiger partial charge in [-0.2, -0.15) is 0 Å². The quantitative estimate of drug-likeness (QED) is 0.906. The van der Waals surface area contributed by atoms with Gasteiger partial charge in [-0.3, -0.25) is 9.59 Å². The molecule has 2 amide bonds. The Morgan fingerprint density at radius 1 is 1.37 bits per heavy atom. The number of primary amides is 1. The Kier molecular flexibility index (Phi) is 4.24. The van der Waals surface area contributed by atoms with Crippen LogP contribution in [-0.4, -0.2) is 29.3 Å². The van der Waals surface area contributed by atoms with Crippen molar-refractivity contribution in [3.05, 3.63) is 33.8 Å². The summed E-state index contributed by atoms with van der Waals surface area (Å²) in [6.45, 7) is 2.53. The van der Waals surface area contributed by atoms with Crippen molar-refractivity contribution in [3.8, 4) is 0 Å². The minimum atomic E-state index is -0.478. The van der Waals surface area contributed by atoms with Crippen molar-refractivity contribution in [1.82, 2.24) is 4.90 Å². The second-order valence-electron chi connectivity index (χ2n) is 4.90. The van der Waals surface area contributed by atoms with Crippen molar-refractivity contribution in [2.24, 2.45) is 5.73 Å². The van der Waals surface area contributed by atoms with E-state index in [1.54, 1.807) is 4.90 Å². The molecule has 0 radical (unpaired) electrons. The van der Waals surface area contributed by atoms with Crippen molar-refractivity contribution in [2.75, 3.05) is 6.54 Å². The van der Waals surface area contributed by atoms with Crippen molar-refractivity contribution < 1.29 is 9.59 Å². The van der Waals surface area contributed by atoms with Gasteiger partial charge in [0.05, 0.1) is 5.56 Å². The third kappa shape index (κ3) is 2.97. The zero-order valence-corrected chi connectivity index (χ0v) is 12.4. The number of aryl methyl sites for hydroxylation is 1. The standard InChI is InChI=1S/C14H17BrN2O2/c1-9-5-6-11(15)10(8-9)14(19)17-7-3-2-4-12(17)13(16)18/h5-6,8,12H,2-4,7H2,1H3,(H2,16,18). The number of benzene rings is 1. The molecule has 102 valence electrons. The molecule has 1 aromatic rings. The van der Waals surface area contributed by atoms with Crippen LogP contribution in [0.4, 0.5) is 0 Å². The summed E-state index contributed by atoms with van der Waals surface area (Å²) in [5, 5.41) is 0. The Morgan fingerprint density at radius 2 is 2.11 bits per heavy atom. The lowest BCUT2D eigenvalue weighted by Gasteiger charge is -2.34. The number of likely N-dealkylation sites (tertiary alicyclic amines) is 1. The van der Waals surface area contributed by atoms with Crippen LogP contribution in [0, 0.1) is 6.92 Å². The first-order valence-electron chi connectivity index (χ1n) is 6.37. The lowest BCUT2D eigenvalue weighted by molar-refractivity contribution is -0.123. The maximum Gasteiger partial charge on any atom is 0.255 e. The van der Waals surface area contributed by atoms with Crippen LogP contribution >= 0.6 is 15.9 Å². The molecule has 1 aliphatic rings. The van der Waals surface area contributed by atoms with Crippen LogP contribution < -0.4 is 5.73 Å². The Morgan fingerprint density at radius 3 is 2.79 bits per heavy atom. The van der Waals surface area contributed by atoms with E-state index in [9.17, 15) is 9.59 Å². The molecule has 1 fully saturated rings. The number of nitrogens with two attached hydrogens (primary N) is 1. The molecule has 1 unspecified atom stereocenters. The van der Waals surface area contributed by atoms with E-state index >= 15 is 0 Å². The van der Waals surface area contributed by atoms with E-state index < -0.39 is 11.9 Å². The minimum Gasteiger partial charge on any atom is -0.368 e. The van der Waals surface area contributed by atoms with Gasteiger partial charge in [-0.25, -0.2) is 0 Å². The zero-order chi connectivity index (χ0) is 14.0. The summed E-state index contributed by atoms with van der Waals surface area (Å²) in [4.78, 5) is 25.6. The number of nitrogens with zero attached hydrogens (tertiary/aromatic N) is 1. The van der Waals surface area contributed by atoms with Crippen molar-refractivity contribution in [3.63, 3.8) is 0 Å². The number of rotatable bonds is 2. The molecular weight excluding hydrogens is 308 g/mol. The van der Waals surface area contributed by atoms with Gasteiger partial charge in [-0.15, -0.1) is 0 Å². The van der Waals surface area contributed by atoms with Gasteiger partial charge in [-0.1, -0.05) is 11.6 Å². The molecule has 4 nitrogen and oxygen atoms in total. The van der Waals surface area contributed by atoms with Crippen LogP contribution in [0.1, 0.15) is 35.2 Å². The zero-order valence-electron chi connectivity index (χ0n) is 10.9. The lowest BCUT2D eigenvalue weighted by Crippen LogP contribution is -2.50. The Hall–Kier alpha value is -1.36. The average Bonchev–Trinajstić information content (AvgIpc) is 2.40. The summed E-state index contributed by atoms with van der Waals surface area (Å²) < 4.78 is 0.747. The second kappa shape index (κ2) is 5.74. The largest absolute Gasteiger partial charge is 0.368 e. The van der Waals surface area contributed by atoms with E-state index in [2.05, 4.69) is 15.9 Å². The molecule has 2 rings (SSSR count). The highest BCUT2D eigenvalue weighted by Gasteiger charge is 2.31. The van der Waals surface area contributed by atoms with E-state index in [-0.39, 0.29) is 5.91 Å². The van der Waals surface area contributed by atoms with Gasteiger partial charge in [0.25, 0.3) is 5.91 Å². The van der Waals surface area contributed by atoms with Gasteiger partial charge >= 0.3 is 0 Å². The van der Waals surface area contributed by atoms with Crippen molar-refractivity contribution in [2.45, 2.75) is 32.2 Å². The van der Waals surface area contributed by atoms with Gasteiger partial charge in [0, 0.05) is 11.0 Å². The number of hydrogen-bond acceptors (Lipinski definition) is 2. The molecule has 1 saturated heterocycles. The highest BCUT2D eigenvalue weighted by Crippen LogP contribution is 2.24. The maximum atomic E-state index is 12.6. The van der Waals surface area contributed by atoms with Gasteiger partial charge in [0.15, 0.2) is 0 Å². The van der Waals surface area contributed by atoms with Crippen molar-refractivity contribution >= 4 is 27.7 Å². The average molecular weight is 325 g/mol. The van der Waals surface area contributed by atoms with E-state index in [4.69, 9.17) is 5.73 Å². The summed E-state index contributed by atoms with van der Waals surface area (Å²) in [6.07, 6.45) is 2.51. The summed E-state index contributed by atoms with van der Waals surface area (Å²) in [6, 6.07) is 5.14. The first-order valence-corrected chi connectivity index (χ1v) is 7.16. The number of amides is 2. The number of carbonyl (C=O) groups excluding carboxylic acids is 2. The topological polar surface area (TPSA) is 63.4 Å². The highest BCUT2D eigenvalue weighted by molar-refractivity contribution is 9.10. The number of carbonyl (C=O) groups is 2. The predicted octanol–water partition coefficient (Wildman–Crippen LogP) is 2.24. The van der Waals surface area contributed by atoms with Crippen LogP contribution in [0.2, 0.25) is 0 Å². The number of piperidine rings is 1. The normalized spacial score (nSPS) is 19.3. The first-order chi connectivity index (χ1) is 9.00. The monoisotopic (exact) mass is 324 g/mol. The summed E-state index contributed by atoms with van der Waals surface area (Å²) >= 11 is 3.39. The van der Waals surface area contributed by atoms with Crippen LogP contribution in [0.15, 0.2) is 22.7 Å². The molecule has 1 heterocycles. The predicted molar refractivity (Wildman–Crippen MR) is 76.7 cm³/mol. The lowest BCUT2D eigenvalue weighted by atomic mass is 10.00. The third-order valence-electron chi connectivity index (χ3n) is 3.44. The van der Waals surface area contributed by atoms with Crippen LogP contribution in [0.3, 0.4) is 0 Å². The molecule has 2 N–H and O–H groups in total. The van der Waals surface area contributed by atoms with E-state index in [0.29, 0.717) is 18.5 Å². The fraction of sp³-hybridized carbons (Fsp3) is 0.429. The maximum absolute atomic E-state index is 12.6. The van der Waals surface area contributed by atoms with Crippen LogP contribution in [0.5, 0.6) is 0 Å². The molecule has 5 heteroatoms. The van der Waals surface area contributed by atoms with Gasteiger partial charge in [0.1, 0.15) is 6.04 Å². The van der Waals surface area contributed by atoms with Gasteiger partial charge in [0.2, 0.25) is 5.91 Å². The molecule has 0 saturated carbocycles. The number of halogens is 1. The van der Waals surface area contributed by atoms with E-state index in [0.717, 1.165) is 22.9 Å². The van der Waals surface area contributed by atoms with E-state index in [1.807, 2.05) is 25.1 Å². The molecule has 1 aliphatic heterocycles. The third-order valence-corrected chi connectivity index (χ3v) is 4.14. The minimum absolute atomic E-state index is 0.126. The van der Waals surface area contributed by atoms with Crippen LogP contribution in [-0.2, 0) is 4.79 Å². The second-order valence-corrected chi connectivity index (χ2v) is 5.75. The Labute approximate surface area is 121 Å². The van der Waals surface area contributed by atoms with E-state index in [1.165, 1.54) is 0 Å². The van der Waals surface area contributed by atoms with Crippen molar-refractivity contribution in [1.29, 1.82) is 0 Å². The molecule has 1 aromatic carbocycles. The Bertz CT molecular complexity index is 516. The highest BCUT2D eigenvalue weighted by atomic mass is 79.9. The molecule has 0 spiro atoms. The molecule has 0 aliphatic carbocycles. The molecular formula is C14H17BrN2O2. The fourth-order valence-electron chi connectivity index (χ4n) is 2.43. The Balaban J connectivity index is 2.31. The SMILES string of the molecule is Cc1ccc(Br)c(C(=O)N2CCCCC2C(N)=O)c1. The van der Waals surface area contributed by atoms with Gasteiger partial charge in [-0.05, 0) is 54.2 Å². The summed E-state index contributed by atoms with van der Waals surface area (Å²) in [7, 11) is 0. The fourth-order valence-corrected chi connectivity index (χ4v) is 2.84. The molecule has 0 bridgehead atoms. The molecule has 1 atom stereocenters. The summed E-state index contributed by atoms with van der Waals surface area (Å²) in [5.41, 5.74) is 7.00. The molecule has 0 aromatic heterocycles. The molecule has 19 heavy (non-hydrogen) atoms. The van der Waals surface area contributed by atoms with Crippen LogP contribution in [0.25, 0.3) is 0 Å². The smallest absolute Gasteiger partial charge is 0.255 e. The van der Waals surface area contributed by atoms with Gasteiger partial charge < -0.3 is 10.6 Å². The summed E-state index contributed by atoms with van der Waals surface area (Å²) in [5.74, 6) is -0.545. The number of hydrogen-bond donors (Lipinski definition) is 1. The first kappa shape index (κ1) is 14.1.